The normalized spacial score (nSPS) is 15.7. The molecule has 1 saturated heterocycles. The number of anilines is 1. The van der Waals surface area contributed by atoms with E-state index < -0.39 is 35.5 Å². The average molecular weight is 485 g/mol. The van der Waals surface area contributed by atoms with Crippen LogP contribution >= 0.6 is 0 Å². The van der Waals surface area contributed by atoms with Gasteiger partial charge >= 0.3 is 18.3 Å². The Morgan fingerprint density at radius 3 is 2.29 bits per heavy atom. The molecule has 0 aliphatic carbocycles. The lowest BCUT2D eigenvalue weighted by Gasteiger charge is -2.35. The number of nitrogens with zero attached hydrogens (tertiary/aromatic N) is 4. The second-order valence-electron chi connectivity index (χ2n) is 7.73. The third-order valence-electron chi connectivity index (χ3n) is 5.51. The largest absolute Gasteiger partial charge is 0.478 e. The summed E-state index contributed by atoms with van der Waals surface area (Å²) in [6.45, 7) is 1.54. The zero-order chi connectivity index (χ0) is 24.7. The molecule has 1 aliphatic rings. The number of carboxylic acid groups (broad SMARTS) is 1. The molecule has 0 unspecified atom stereocenters. The van der Waals surface area contributed by atoms with Crippen LogP contribution in [0.25, 0.3) is 11.0 Å². The highest BCUT2D eigenvalue weighted by Gasteiger charge is 2.43. The highest BCUT2D eigenvalue weighted by molar-refractivity contribution is 6.02. The molecule has 0 radical (unpaired) electrons. The van der Waals surface area contributed by atoms with Crippen LogP contribution in [0.1, 0.15) is 39.5 Å². The van der Waals surface area contributed by atoms with E-state index in [2.05, 4.69) is 20.3 Å². The highest BCUT2D eigenvalue weighted by Crippen LogP contribution is 2.41. The van der Waals surface area contributed by atoms with Gasteiger partial charge in [0, 0.05) is 12.7 Å². The van der Waals surface area contributed by atoms with Crippen molar-refractivity contribution in [3.05, 3.63) is 59.0 Å². The molecule has 0 amide bonds. The van der Waals surface area contributed by atoms with Gasteiger partial charge in [-0.15, -0.1) is 0 Å². The first-order chi connectivity index (χ1) is 15.9. The maximum atomic E-state index is 13.5. The van der Waals surface area contributed by atoms with Crippen LogP contribution in [0.4, 0.5) is 32.2 Å². The Morgan fingerprint density at radius 1 is 1.00 bits per heavy atom. The summed E-state index contributed by atoms with van der Waals surface area (Å²) in [4.78, 5) is 25.5. The molecule has 180 valence electrons. The van der Waals surface area contributed by atoms with Crippen molar-refractivity contribution in [3.63, 3.8) is 0 Å². The molecule has 2 N–H and O–H groups in total. The topological polar surface area (TPSA) is 91.2 Å². The number of likely N-dealkylation sites (tertiary alicyclic amines) is 1. The van der Waals surface area contributed by atoms with E-state index in [0.717, 1.165) is 18.8 Å². The van der Waals surface area contributed by atoms with Gasteiger partial charge in [-0.25, -0.2) is 14.8 Å². The van der Waals surface area contributed by atoms with Crippen LogP contribution in [-0.2, 0) is 12.4 Å². The number of aromatic carboxylic acids is 1. The molecule has 3 aromatic rings. The SMILES string of the molecule is O=C(O)c1ccnc2c(N[C@H](CN3CCC3)c3ccc(C(F)(F)F)c(C(F)(F)F)c3)ncnc12. The Morgan fingerprint density at radius 2 is 1.71 bits per heavy atom. The van der Waals surface area contributed by atoms with Crippen molar-refractivity contribution in [3.8, 4) is 0 Å². The fourth-order valence-electron chi connectivity index (χ4n) is 3.72. The fraction of sp³-hybridized carbons (Fsp3) is 0.333. The second kappa shape index (κ2) is 8.70. The van der Waals surface area contributed by atoms with Gasteiger partial charge in [-0.3, -0.25) is 4.98 Å². The molecular formula is C21H17F6N5O2. The smallest absolute Gasteiger partial charge is 0.417 e. The van der Waals surface area contributed by atoms with Gasteiger partial charge in [-0.2, -0.15) is 26.3 Å². The minimum Gasteiger partial charge on any atom is -0.478 e. The highest BCUT2D eigenvalue weighted by atomic mass is 19.4. The number of alkyl halides is 6. The molecule has 1 aliphatic heterocycles. The number of aromatic nitrogens is 3. The quantitative estimate of drug-likeness (QED) is 0.493. The lowest BCUT2D eigenvalue weighted by Crippen LogP contribution is -2.41. The van der Waals surface area contributed by atoms with Gasteiger partial charge in [0.2, 0.25) is 0 Å². The van der Waals surface area contributed by atoms with Gasteiger partial charge in [-0.1, -0.05) is 6.07 Å². The van der Waals surface area contributed by atoms with Crippen molar-refractivity contribution in [2.45, 2.75) is 24.8 Å². The minimum absolute atomic E-state index is 0.0126. The number of benzene rings is 1. The Kier molecular flexibility index (Phi) is 6.06. The van der Waals surface area contributed by atoms with E-state index in [1.165, 1.54) is 12.3 Å². The van der Waals surface area contributed by atoms with E-state index in [1.807, 2.05) is 4.90 Å². The second-order valence-corrected chi connectivity index (χ2v) is 7.73. The maximum Gasteiger partial charge on any atom is 0.417 e. The number of nitrogens with one attached hydrogen (secondary N) is 1. The number of halogens is 6. The standard InChI is InChI=1S/C21H17F6N5O2/c22-20(23,24)13-3-2-11(8-14(13)21(25,26)27)15(9-32-6-1-7-32)31-18-17-16(29-10-30-18)12(19(33)34)4-5-28-17/h2-5,8,10,15H,1,6-7,9H2,(H,33,34)(H,29,30,31)/t15-/m1/s1. The number of hydrogen-bond donors (Lipinski definition) is 2. The van der Waals surface area contributed by atoms with Gasteiger partial charge < -0.3 is 15.3 Å². The molecule has 2 aromatic heterocycles. The van der Waals surface area contributed by atoms with Crippen molar-refractivity contribution in [1.29, 1.82) is 0 Å². The molecule has 0 saturated carbocycles. The predicted octanol–water partition coefficient (Wildman–Crippen LogP) is 4.62. The van der Waals surface area contributed by atoms with Crippen LogP contribution in [0, 0.1) is 0 Å². The summed E-state index contributed by atoms with van der Waals surface area (Å²) in [5.41, 5.74) is -3.66. The molecule has 3 heterocycles. The number of fused-ring (bicyclic) bond motifs is 1. The van der Waals surface area contributed by atoms with Crippen LogP contribution < -0.4 is 5.32 Å². The predicted molar refractivity (Wildman–Crippen MR) is 108 cm³/mol. The van der Waals surface area contributed by atoms with Crippen molar-refractivity contribution < 1.29 is 36.2 Å². The van der Waals surface area contributed by atoms with Crippen LogP contribution in [0.2, 0.25) is 0 Å². The molecule has 1 fully saturated rings. The third-order valence-corrected chi connectivity index (χ3v) is 5.51. The van der Waals surface area contributed by atoms with Crippen molar-refractivity contribution in [2.75, 3.05) is 25.0 Å². The van der Waals surface area contributed by atoms with Crippen LogP contribution in [0.15, 0.2) is 36.8 Å². The van der Waals surface area contributed by atoms with E-state index in [9.17, 15) is 36.2 Å². The lowest BCUT2D eigenvalue weighted by atomic mass is 9.97. The first-order valence-corrected chi connectivity index (χ1v) is 10.1. The van der Waals surface area contributed by atoms with Crippen molar-refractivity contribution in [2.24, 2.45) is 0 Å². The Hall–Kier alpha value is -3.48. The first kappa shape index (κ1) is 23.7. The fourth-order valence-corrected chi connectivity index (χ4v) is 3.72. The first-order valence-electron chi connectivity index (χ1n) is 10.1. The Labute approximate surface area is 188 Å². The molecule has 1 aromatic carbocycles. The number of carbonyl (C=O) groups is 1. The summed E-state index contributed by atoms with van der Waals surface area (Å²) in [6.07, 6.45) is -7.21. The van der Waals surface area contributed by atoms with E-state index in [0.29, 0.717) is 25.2 Å². The summed E-state index contributed by atoms with van der Waals surface area (Å²) in [7, 11) is 0. The van der Waals surface area contributed by atoms with Gasteiger partial charge in [0.1, 0.15) is 17.4 Å². The molecule has 0 bridgehead atoms. The number of carboxylic acids is 1. The molecule has 4 rings (SSSR count). The Bertz CT molecular complexity index is 1230. The molecule has 1 atom stereocenters. The summed E-state index contributed by atoms with van der Waals surface area (Å²) < 4.78 is 80.1. The number of rotatable bonds is 6. The third kappa shape index (κ3) is 4.74. The van der Waals surface area contributed by atoms with Crippen molar-refractivity contribution >= 4 is 22.8 Å². The zero-order valence-corrected chi connectivity index (χ0v) is 17.3. The van der Waals surface area contributed by atoms with Crippen LogP contribution in [0.3, 0.4) is 0 Å². The monoisotopic (exact) mass is 485 g/mol. The Balaban J connectivity index is 1.79. The van der Waals surface area contributed by atoms with Crippen molar-refractivity contribution in [1.82, 2.24) is 19.9 Å². The molecule has 0 spiro atoms. The van der Waals surface area contributed by atoms with E-state index in [4.69, 9.17) is 0 Å². The van der Waals surface area contributed by atoms with E-state index in [1.54, 1.807) is 0 Å². The van der Waals surface area contributed by atoms with Gasteiger partial charge in [0.05, 0.1) is 22.7 Å². The summed E-state index contributed by atoms with van der Waals surface area (Å²) >= 11 is 0. The molecule has 34 heavy (non-hydrogen) atoms. The lowest BCUT2D eigenvalue weighted by molar-refractivity contribution is -0.162. The van der Waals surface area contributed by atoms with E-state index in [-0.39, 0.29) is 34.5 Å². The maximum absolute atomic E-state index is 13.5. The summed E-state index contributed by atoms with van der Waals surface area (Å²) in [6, 6.07) is 2.25. The van der Waals surface area contributed by atoms with Crippen LogP contribution in [-0.4, -0.2) is 50.6 Å². The average Bonchev–Trinajstić information content (AvgIpc) is 2.73. The number of pyridine rings is 1. The molecular weight excluding hydrogens is 468 g/mol. The minimum atomic E-state index is -5.22. The molecule has 7 nitrogen and oxygen atoms in total. The zero-order valence-electron chi connectivity index (χ0n) is 17.3. The molecule has 13 heteroatoms. The van der Waals surface area contributed by atoms with Gasteiger partial charge in [0.25, 0.3) is 0 Å². The summed E-state index contributed by atoms with van der Waals surface area (Å²) in [5.74, 6) is -1.21. The van der Waals surface area contributed by atoms with Gasteiger partial charge in [-0.05, 0) is 43.3 Å². The van der Waals surface area contributed by atoms with Gasteiger partial charge in [0.15, 0.2) is 5.82 Å². The van der Waals surface area contributed by atoms with Crippen LogP contribution in [0.5, 0.6) is 0 Å². The summed E-state index contributed by atoms with van der Waals surface area (Å²) in [5, 5.41) is 12.3. The number of hydrogen-bond acceptors (Lipinski definition) is 6. The van der Waals surface area contributed by atoms with E-state index >= 15 is 0 Å².